The van der Waals surface area contributed by atoms with Crippen molar-refractivity contribution in [3.8, 4) is 11.5 Å². The highest BCUT2D eigenvalue weighted by Crippen LogP contribution is 2.19. The second-order valence-corrected chi connectivity index (χ2v) is 7.17. The topological polar surface area (TPSA) is 72.2 Å². The summed E-state index contributed by atoms with van der Waals surface area (Å²) in [6.07, 6.45) is 3.93. The lowest BCUT2D eigenvalue weighted by molar-refractivity contribution is 0.223. The van der Waals surface area contributed by atoms with Gasteiger partial charge >= 0.3 is 0 Å². The molecule has 3 aromatic rings. The summed E-state index contributed by atoms with van der Waals surface area (Å²) in [7, 11) is 3.38. The number of ether oxygens (including phenoxy) is 2. The van der Waals surface area contributed by atoms with Gasteiger partial charge in [0.2, 0.25) is 0 Å². The number of nitrogens with zero attached hydrogens (tertiary/aromatic N) is 3. The van der Waals surface area contributed by atoms with E-state index in [1.165, 1.54) is 0 Å². The van der Waals surface area contributed by atoms with Gasteiger partial charge in [-0.3, -0.25) is 4.99 Å². The zero-order valence-corrected chi connectivity index (χ0v) is 17.7. The minimum absolute atomic E-state index is 0.0433. The summed E-state index contributed by atoms with van der Waals surface area (Å²) in [6, 6.07) is 11.5. The molecule has 2 N–H and O–H groups in total. The van der Waals surface area contributed by atoms with Gasteiger partial charge in [-0.25, -0.2) is 4.98 Å². The third kappa shape index (κ3) is 5.39. The van der Waals surface area contributed by atoms with Crippen molar-refractivity contribution in [1.29, 1.82) is 0 Å². The maximum Gasteiger partial charge on any atom is 0.191 e. The molecular weight excluding hydrogens is 422 g/mol. The second kappa shape index (κ2) is 9.45. The molecule has 28 heavy (non-hydrogen) atoms. The molecule has 7 nitrogen and oxygen atoms in total. The minimum Gasteiger partial charge on any atom is -0.497 e. The van der Waals surface area contributed by atoms with E-state index in [1.807, 2.05) is 60.1 Å². The molecule has 0 fully saturated rings. The first kappa shape index (κ1) is 20.0. The Morgan fingerprint density at radius 3 is 2.82 bits per heavy atom. The first-order chi connectivity index (χ1) is 13.6. The lowest BCUT2D eigenvalue weighted by atomic mass is 10.3. The molecule has 0 aliphatic rings. The molecule has 0 radical (unpaired) electrons. The highest BCUT2D eigenvalue weighted by molar-refractivity contribution is 9.10. The van der Waals surface area contributed by atoms with Gasteiger partial charge in [0.15, 0.2) is 5.96 Å². The van der Waals surface area contributed by atoms with E-state index < -0.39 is 0 Å². The number of methoxy groups -OCH3 is 1. The first-order valence-corrected chi connectivity index (χ1v) is 9.75. The summed E-state index contributed by atoms with van der Waals surface area (Å²) in [5.74, 6) is 2.24. The van der Waals surface area contributed by atoms with Gasteiger partial charge in [-0.05, 0) is 47.1 Å². The number of aliphatic imine (C=N–C) groups is 1. The molecule has 148 valence electrons. The molecule has 1 unspecified atom stereocenters. The van der Waals surface area contributed by atoms with Crippen LogP contribution in [0.1, 0.15) is 12.6 Å². The van der Waals surface area contributed by atoms with E-state index in [1.54, 1.807) is 14.2 Å². The van der Waals surface area contributed by atoms with Gasteiger partial charge in [-0.1, -0.05) is 6.07 Å². The largest absolute Gasteiger partial charge is 0.497 e. The van der Waals surface area contributed by atoms with Crippen molar-refractivity contribution in [2.75, 3.05) is 20.7 Å². The summed E-state index contributed by atoms with van der Waals surface area (Å²) in [5, 5.41) is 6.55. The predicted octanol–water partition coefficient (Wildman–Crippen LogP) is 3.24. The van der Waals surface area contributed by atoms with Crippen LogP contribution in [0.25, 0.3) is 5.65 Å². The van der Waals surface area contributed by atoms with E-state index in [2.05, 4.69) is 36.5 Å². The Hall–Kier alpha value is -2.74. The van der Waals surface area contributed by atoms with Gasteiger partial charge in [-0.15, -0.1) is 0 Å². The molecule has 0 aliphatic heterocycles. The van der Waals surface area contributed by atoms with E-state index in [9.17, 15) is 0 Å². The average Bonchev–Trinajstić information content (AvgIpc) is 3.10. The van der Waals surface area contributed by atoms with Crippen LogP contribution < -0.4 is 20.1 Å². The first-order valence-electron chi connectivity index (χ1n) is 8.95. The van der Waals surface area contributed by atoms with Crippen LogP contribution >= 0.6 is 15.9 Å². The van der Waals surface area contributed by atoms with Crippen LogP contribution in [0.4, 0.5) is 0 Å². The van der Waals surface area contributed by atoms with Crippen molar-refractivity contribution in [3.05, 3.63) is 59.0 Å². The maximum absolute atomic E-state index is 5.92. The van der Waals surface area contributed by atoms with Crippen LogP contribution in [0, 0.1) is 0 Å². The summed E-state index contributed by atoms with van der Waals surface area (Å²) in [5.41, 5.74) is 1.84. The van der Waals surface area contributed by atoms with Crippen molar-refractivity contribution < 1.29 is 9.47 Å². The number of halogens is 1. The van der Waals surface area contributed by atoms with Crippen molar-refractivity contribution in [1.82, 2.24) is 20.0 Å². The number of aromatic nitrogens is 2. The zero-order valence-electron chi connectivity index (χ0n) is 16.1. The fourth-order valence-electron chi connectivity index (χ4n) is 2.69. The standard InChI is InChI=1S/C20H24BrN5O2/c1-14(28-18-6-4-5-17(9-18)27-3)10-23-20(22-2)24-11-16-13-26-12-15(21)7-8-19(26)25-16/h4-9,12-14H,10-11H2,1-3H3,(H2,22,23,24). The Morgan fingerprint density at radius 2 is 2.04 bits per heavy atom. The Morgan fingerprint density at radius 1 is 1.21 bits per heavy atom. The van der Waals surface area contributed by atoms with Gasteiger partial charge in [0.05, 0.1) is 25.9 Å². The van der Waals surface area contributed by atoms with Gasteiger partial charge in [-0.2, -0.15) is 0 Å². The number of hydrogen-bond acceptors (Lipinski definition) is 4. The summed E-state index contributed by atoms with van der Waals surface area (Å²) >= 11 is 3.47. The molecule has 1 atom stereocenters. The SMILES string of the molecule is CN=C(NCc1cn2cc(Br)ccc2n1)NCC(C)Oc1cccc(OC)c1. The molecular formula is C20H24BrN5O2. The zero-order chi connectivity index (χ0) is 19.9. The second-order valence-electron chi connectivity index (χ2n) is 6.26. The lowest BCUT2D eigenvalue weighted by Gasteiger charge is -2.17. The number of nitrogens with one attached hydrogen (secondary N) is 2. The maximum atomic E-state index is 5.92. The molecule has 0 bridgehead atoms. The Kier molecular flexibility index (Phi) is 6.76. The summed E-state index contributed by atoms with van der Waals surface area (Å²) in [4.78, 5) is 8.84. The number of benzene rings is 1. The number of imidazole rings is 1. The average molecular weight is 446 g/mol. The molecule has 1 aromatic carbocycles. The van der Waals surface area contributed by atoms with Crippen LogP contribution in [0.15, 0.2) is 58.3 Å². The molecule has 3 rings (SSSR count). The quantitative estimate of drug-likeness (QED) is 0.431. The highest BCUT2D eigenvalue weighted by atomic mass is 79.9. The van der Waals surface area contributed by atoms with Crippen LogP contribution in [0.2, 0.25) is 0 Å². The van der Waals surface area contributed by atoms with Crippen molar-refractivity contribution in [3.63, 3.8) is 0 Å². The highest BCUT2D eigenvalue weighted by Gasteiger charge is 2.08. The Labute approximate surface area is 172 Å². The van der Waals surface area contributed by atoms with E-state index in [4.69, 9.17) is 9.47 Å². The van der Waals surface area contributed by atoms with Crippen LogP contribution in [0.5, 0.6) is 11.5 Å². The van der Waals surface area contributed by atoms with E-state index in [0.29, 0.717) is 19.0 Å². The molecule has 2 heterocycles. The van der Waals surface area contributed by atoms with Crippen LogP contribution in [-0.2, 0) is 6.54 Å². The van der Waals surface area contributed by atoms with Crippen molar-refractivity contribution in [2.45, 2.75) is 19.6 Å². The fraction of sp³-hybridized carbons (Fsp3) is 0.300. The monoisotopic (exact) mass is 445 g/mol. The number of guanidine groups is 1. The lowest BCUT2D eigenvalue weighted by Crippen LogP contribution is -2.41. The minimum atomic E-state index is -0.0433. The predicted molar refractivity (Wildman–Crippen MR) is 114 cm³/mol. The number of rotatable bonds is 7. The molecule has 8 heteroatoms. The van der Waals surface area contributed by atoms with Crippen molar-refractivity contribution in [2.24, 2.45) is 4.99 Å². The van der Waals surface area contributed by atoms with Gasteiger partial charge < -0.3 is 24.5 Å². The van der Waals surface area contributed by atoms with Gasteiger partial charge in [0.25, 0.3) is 0 Å². The fourth-order valence-corrected chi connectivity index (χ4v) is 3.04. The Balaban J connectivity index is 1.49. The summed E-state index contributed by atoms with van der Waals surface area (Å²) < 4.78 is 14.1. The molecule has 0 saturated heterocycles. The van der Waals surface area contributed by atoms with Crippen LogP contribution in [-0.4, -0.2) is 42.2 Å². The molecule has 0 amide bonds. The van der Waals surface area contributed by atoms with Gasteiger partial charge in [0, 0.05) is 30.0 Å². The third-order valence-electron chi connectivity index (χ3n) is 4.06. The van der Waals surface area contributed by atoms with Crippen molar-refractivity contribution >= 4 is 27.5 Å². The molecule has 2 aromatic heterocycles. The third-order valence-corrected chi connectivity index (χ3v) is 4.53. The van der Waals surface area contributed by atoms with E-state index >= 15 is 0 Å². The summed E-state index contributed by atoms with van der Waals surface area (Å²) in [6.45, 7) is 3.18. The number of hydrogen-bond donors (Lipinski definition) is 2. The smallest absolute Gasteiger partial charge is 0.191 e. The van der Waals surface area contributed by atoms with Crippen LogP contribution in [0.3, 0.4) is 0 Å². The van der Waals surface area contributed by atoms with E-state index in [-0.39, 0.29) is 6.10 Å². The molecule has 0 saturated carbocycles. The normalized spacial score (nSPS) is 12.6. The molecule has 0 spiro atoms. The molecule has 0 aliphatic carbocycles. The Bertz CT molecular complexity index is 957. The van der Waals surface area contributed by atoms with Gasteiger partial charge in [0.1, 0.15) is 23.3 Å². The number of pyridine rings is 1. The number of fused-ring (bicyclic) bond motifs is 1. The van der Waals surface area contributed by atoms with E-state index in [0.717, 1.165) is 27.3 Å².